The fourth-order valence-corrected chi connectivity index (χ4v) is 5.72. The average molecular weight is 625 g/mol. The van der Waals surface area contributed by atoms with Gasteiger partial charge in [0.05, 0.1) is 0 Å². The highest BCUT2D eigenvalue weighted by molar-refractivity contribution is 5.69. The molecule has 0 aromatic rings. The molecule has 0 spiro atoms. The smallest absolute Gasteiger partial charge is 0.305 e. The third-order valence-corrected chi connectivity index (χ3v) is 9.06. The van der Waals surface area contributed by atoms with Gasteiger partial charge in [-0.2, -0.15) is 0 Å². The van der Waals surface area contributed by atoms with Crippen LogP contribution in [0.4, 0.5) is 0 Å². The van der Waals surface area contributed by atoms with Gasteiger partial charge in [-0.1, -0.05) is 182 Å². The van der Waals surface area contributed by atoms with Crippen LogP contribution in [0.2, 0.25) is 0 Å². The van der Waals surface area contributed by atoms with Crippen molar-refractivity contribution in [3.05, 3.63) is 0 Å². The van der Waals surface area contributed by atoms with Gasteiger partial charge in [0.2, 0.25) is 0 Å². The maximum atomic E-state index is 12.0. The third kappa shape index (κ3) is 33.8. The van der Waals surface area contributed by atoms with Crippen LogP contribution in [0.5, 0.6) is 0 Å². The monoisotopic (exact) mass is 625 g/mol. The van der Waals surface area contributed by atoms with Crippen molar-refractivity contribution in [1.82, 2.24) is 0 Å². The van der Waals surface area contributed by atoms with E-state index in [1.807, 2.05) is 0 Å². The number of aliphatic hydroxyl groups is 1. The van der Waals surface area contributed by atoms with Crippen molar-refractivity contribution in [3.8, 4) is 0 Å². The number of carbonyl (C=O) groups excluding carboxylic acids is 2. The second-order valence-corrected chi connectivity index (χ2v) is 14.1. The molecule has 0 saturated heterocycles. The summed E-state index contributed by atoms with van der Waals surface area (Å²) in [5.74, 6) is 1.16. The predicted molar refractivity (Wildman–Crippen MR) is 187 cm³/mol. The summed E-state index contributed by atoms with van der Waals surface area (Å²) in [6.45, 7) is 9.02. The van der Waals surface area contributed by atoms with Gasteiger partial charge in [-0.05, 0) is 24.7 Å². The van der Waals surface area contributed by atoms with Gasteiger partial charge in [-0.25, -0.2) is 0 Å². The van der Waals surface area contributed by atoms with Gasteiger partial charge in [-0.15, -0.1) is 0 Å². The summed E-state index contributed by atoms with van der Waals surface area (Å²) >= 11 is 0. The quantitative estimate of drug-likeness (QED) is 0.0569. The highest BCUT2D eigenvalue weighted by Gasteiger charge is 2.12. The fraction of sp³-hybridized carbons (Fsp3) is 0.949. The number of unbranched alkanes of at least 4 members (excludes halogenated alkanes) is 21. The van der Waals surface area contributed by atoms with Crippen molar-refractivity contribution < 1.29 is 24.2 Å². The van der Waals surface area contributed by atoms with Crippen LogP contribution in [-0.2, 0) is 19.1 Å². The van der Waals surface area contributed by atoms with E-state index in [4.69, 9.17) is 9.47 Å². The van der Waals surface area contributed by atoms with Crippen LogP contribution in [0.1, 0.15) is 207 Å². The highest BCUT2D eigenvalue weighted by atomic mass is 16.6. The van der Waals surface area contributed by atoms with Crippen molar-refractivity contribution in [2.75, 3.05) is 13.2 Å². The second-order valence-electron chi connectivity index (χ2n) is 14.1. The highest BCUT2D eigenvalue weighted by Crippen LogP contribution is 2.16. The number of rotatable bonds is 34. The van der Waals surface area contributed by atoms with Crippen LogP contribution < -0.4 is 0 Å². The number of ether oxygens (including phenoxy) is 2. The molecule has 1 unspecified atom stereocenters. The molecule has 0 rings (SSSR count). The fourth-order valence-electron chi connectivity index (χ4n) is 5.72. The van der Waals surface area contributed by atoms with E-state index < -0.39 is 6.10 Å². The minimum Gasteiger partial charge on any atom is -0.463 e. The van der Waals surface area contributed by atoms with Gasteiger partial charge in [0.1, 0.15) is 19.3 Å². The number of aliphatic hydroxyl groups excluding tert-OH is 1. The van der Waals surface area contributed by atoms with E-state index in [2.05, 4.69) is 27.7 Å². The van der Waals surface area contributed by atoms with E-state index in [1.54, 1.807) is 0 Å². The summed E-state index contributed by atoms with van der Waals surface area (Å²) < 4.78 is 10.3. The lowest BCUT2D eigenvalue weighted by atomic mass is 9.99. The molecule has 0 aromatic heterocycles. The summed E-state index contributed by atoms with van der Waals surface area (Å²) in [5.41, 5.74) is 0. The lowest BCUT2D eigenvalue weighted by molar-refractivity contribution is -0.152. The standard InChI is InChI=1S/C39H76O5/c1-5-36(4)30-26-22-18-15-16-20-24-28-32-39(42)44-34-37(40)33-43-38(41)31-27-23-19-14-12-10-8-6-7-9-11-13-17-21-25-29-35(2)3/h35-37,40H,5-34H2,1-4H3/t36?,37-/m1/s1. The van der Waals surface area contributed by atoms with Gasteiger partial charge in [0.25, 0.3) is 0 Å². The first-order valence-electron chi connectivity index (χ1n) is 19.3. The SMILES string of the molecule is CCC(C)CCCCCCCCCCC(=O)OC[C@H](O)COC(=O)CCCCCCCCCCCCCCCCCC(C)C. The molecule has 0 aliphatic heterocycles. The topological polar surface area (TPSA) is 72.8 Å². The number of esters is 2. The minimum atomic E-state index is -0.956. The maximum Gasteiger partial charge on any atom is 0.305 e. The molecule has 1 N–H and O–H groups in total. The molecule has 0 radical (unpaired) electrons. The third-order valence-electron chi connectivity index (χ3n) is 9.06. The molecule has 0 heterocycles. The summed E-state index contributed by atoms with van der Waals surface area (Å²) in [6, 6.07) is 0. The molecule has 0 fully saturated rings. The maximum absolute atomic E-state index is 12.0. The number of hydrogen-bond acceptors (Lipinski definition) is 5. The Hall–Kier alpha value is -1.10. The molecule has 5 heteroatoms. The van der Waals surface area contributed by atoms with E-state index in [0.717, 1.165) is 43.9 Å². The molecular weight excluding hydrogens is 548 g/mol. The molecule has 0 bridgehead atoms. The molecule has 0 amide bonds. The molecule has 44 heavy (non-hydrogen) atoms. The van der Waals surface area contributed by atoms with E-state index in [1.165, 1.54) is 135 Å². The first-order valence-corrected chi connectivity index (χ1v) is 19.3. The Labute approximate surface area is 274 Å². The van der Waals surface area contributed by atoms with E-state index in [0.29, 0.717) is 12.8 Å². The first-order chi connectivity index (χ1) is 21.3. The Balaban J connectivity index is 3.39. The van der Waals surface area contributed by atoms with Crippen LogP contribution in [0.25, 0.3) is 0 Å². The largest absolute Gasteiger partial charge is 0.463 e. The summed E-state index contributed by atoms with van der Waals surface area (Å²) in [4.78, 5) is 23.9. The van der Waals surface area contributed by atoms with Crippen molar-refractivity contribution in [1.29, 1.82) is 0 Å². The molecule has 2 atom stereocenters. The normalized spacial score (nSPS) is 12.9. The zero-order chi connectivity index (χ0) is 32.5. The van der Waals surface area contributed by atoms with Gasteiger partial charge in [0.15, 0.2) is 0 Å². The number of hydrogen-bond donors (Lipinski definition) is 1. The predicted octanol–water partition coefficient (Wildman–Crippen LogP) is 11.7. The van der Waals surface area contributed by atoms with E-state index >= 15 is 0 Å². The zero-order valence-electron chi connectivity index (χ0n) is 30.0. The molecular formula is C39H76O5. The van der Waals surface area contributed by atoms with E-state index in [-0.39, 0.29) is 25.2 Å². The van der Waals surface area contributed by atoms with Gasteiger partial charge < -0.3 is 14.6 Å². The summed E-state index contributed by atoms with van der Waals surface area (Å²) in [5, 5.41) is 9.99. The Morgan fingerprint density at radius 1 is 0.477 bits per heavy atom. The minimum absolute atomic E-state index is 0.109. The molecule has 5 nitrogen and oxygen atoms in total. The molecule has 0 aliphatic rings. The Bertz CT molecular complexity index is 620. The van der Waals surface area contributed by atoms with Crippen LogP contribution in [0.3, 0.4) is 0 Å². The summed E-state index contributed by atoms with van der Waals surface area (Å²) in [6.07, 6.45) is 33.0. The van der Waals surface area contributed by atoms with Crippen molar-refractivity contribution in [2.24, 2.45) is 11.8 Å². The van der Waals surface area contributed by atoms with Crippen LogP contribution in [0, 0.1) is 11.8 Å². The zero-order valence-corrected chi connectivity index (χ0v) is 30.0. The Morgan fingerprint density at radius 3 is 1.09 bits per heavy atom. The lowest BCUT2D eigenvalue weighted by Gasteiger charge is -2.12. The molecule has 0 aromatic carbocycles. The number of carbonyl (C=O) groups is 2. The Morgan fingerprint density at radius 2 is 0.773 bits per heavy atom. The van der Waals surface area contributed by atoms with Crippen LogP contribution in [-0.4, -0.2) is 36.4 Å². The molecule has 0 aliphatic carbocycles. The Kier molecular flexibility index (Phi) is 32.4. The lowest BCUT2D eigenvalue weighted by Crippen LogP contribution is -2.25. The van der Waals surface area contributed by atoms with Crippen molar-refractivity contribution in [3.63, 3.8) is 0 Å². The summed E-state index contributed by atoms with van der Waals surface area (Å²) in [7, 11) is 0. The first kappa shape index (κ1) is 42.9. The average Bonchev–Trinajstić information content (AvgIpc) is 3.00. The van der Waals surface area contributed by atoms with E-state index in [9.17, 15) is 14.7 Å². The second kappa shape index (κ2) is 33.3. The van der Waals surface area contributed by atoms with Crippen molar-refractivity contribution >= 4 is 11.9 Å². The van der Waals surface area contributed by atoms with Gasteiger partial charge in [0, 0.05) is 12.8 Å². The van der Waals surface area contributed by atoms with Crippen LogP contribution >= 0.6 is 0 Å². The molecule has 262 valence electrons. The van der Waals surface area contributed by atoms with Crippen LogP contribution in [0.15, 0.2) is 0 Å². The molecule has 0 saturated carbocycles. The van der Waals surface area contributed by atoms with Gasteiger partial charge in [-0.3, -0.25) is 9.59 Å². The van der Waals surface area contributed by atoms with Gasteiger partial charge >= 0.3 is 11.9 Å². The van der Waals surface area contributed by atoms with Crippen molar-refractivity contribution in [2.45, 2.75) is 214 Å².